The quantitative estimate of drug-likeness (QED) is 0.206. The van der Waals surface area contributed by atoms with Crippen molar-refractivity contribution in [2.24, 2.45) is 5.92 Å². The molecule has 9 nitrogen and oxygen atoms in total. The van der Waals surface area contributed by atoms with Gasteiger partial charge in [-0.2, -0.15) is 0 Å². The van der Waals surface area contributed by atoms with E-state index < -0.39 is 20.5 Å². The number of benzene rings is 2. The standard InChI is InChI=1S/C25H31NO8S/c1-18(23(27)19-5-7-20(32-2)8-6-19)4-3-15-34-21-9-11-22(12-10-21)35(30,31)25(24(28)26-29)13-16-33-17-14-25/h5-12,18,29H,3-4,13-17H2,1-2H3,(H,26,28). The summed E-state index contributed by atoms with van der Waals surface area (Å²) in [6, 6.07) is 12.9. The van der Waals surface area contributed by atoms with E-state index in [-0.39, 0.29) is 42.7 Å². The summed E-state index contributed by atoms with van der Waals surface area (Å²) < 4.78 is 40.8. The molecule has 190 valence electrons. The van der Waals surface area contributed by atoms with Crippen molar-refractivity contribution in [1.29, 1.82) is 0 Å². The first-order valence-electron chi connectivity index (χ1n) is 11.4. The molecule has 1 fully saturated rings. The number of ketones is 1. The molecule has 0 bridgehead atoms. The molecule has 1 saturated heterocycles. The van der Waals surface area contributed by atoms with Crippen LogP contribution < -0.4 is 15.0 Å². The Morgan fingerprint density at radius 2 is 1.66 bits per heavy atom. The van der Waals surface area contributed by atoms with E-state index in [0.29, 0.717) is 36.5 Å². The number of ether oxygens (including phenoxy) is 3. The molecule has 2 aromatic carbocycles. The summed E-state index contributed by atoms with van der Waals surface area (Å²) in [6.07, 6.45) is 1.18. The fraction of sp³-hybridized carbons (Fsp3) is 0.440. The predicted molar refractivity (Wildman–Crippen MR) is 128 cm³/mol. The minimum absolute atomic E-state index is 0.0333. The molecule has 1 aliphatic rings. The third kappa shape index (κ3) is 5.83. The van der Waals surface area contributed by atoms with Crippen LogP contribution >= 0.6 is 0 Å². The SMILES string of the molecule is COc1ccc(C(=O)C(C)CCCOc2ccc(S(=O)(=O)C3(C(=O)NO)CCOCC3)cc2)cc1. The molecule has 1 unspecified atom stereocenters. The van der Waals surface area contributed by atoms with Gasteiger partial charge >= 0.3 is 0 Å². The minimum atomic E-state index is -4.08. The van der Waals surface area contributed by atoms with Crippen molar-refractivity contribution in [3.05, 3.63) is 54.1 Å². The van der Waals surface area contributed by atoms with Crippen LogP contribution in [0.2, 0.25) is 0 Å². The van der Waals surface area contributed by atoms with Crippen LogP contribution in [0.4, 0.5) is 0 Å². The van der Waals surface area contributed by atoms with Gasteiger partial charge in [-0.1, -0.05) is 6.92 Å². The molecule has 35 heavy (non-hydrogen) atoms. The van der Waals surface area contributed by atoms with Gasteiger partial charge in [-0.25, -0.2) is 13.9 Å². The molecule has 0 spiro atoms. The Balaban J connectivity index is 1.55. The number of nitrogens with one attached hydrogen (secondary N) is 1. The highest BCUT2D eigenvalue weighted by atomic mass is 32.2. The Bertz CT molecular complexity index is 1110. The Hall–Kier alpha value is -2.95. The van der Waals surface area contributed by atoms with Crippen molar-refractivity contribution in [3.63, 3.8) is 0 Å². The summed E-state index contributed by atoms with van der Waals surface area (Å²) in [7, 11) is -2.51. The second-order valence-corrected chi connectivity index (χ2v) is 10.8. The Kier molecular flexibility index (Phi) is 8.87. The van der Waals surface area contributed by atoms with Gasteiger partial charge in [0, 0.05) is 24.7 Å². The number of hydrogen-bond donors (Lipinski definition) is 2. The van der Waals surface area contributed by atoms with Gasteiger partial charge in [-0.3, -0.25) is 14.8 Å². The highest BCUT2D eigenvalue weighted by molar-refractivity contribution is 7.93. The van der Waals surface area contributed by atoms with Crippen LogP contribution in [0.3, 0.4) is 0 Å². The van der Waals surface area contributed by atoms with Crippen molar-refractivity contribution in [1.82, 2.24) is 5.48 Å². The van der Waals surface area contributed by atoms with Crippen molar-refractivity contribution in [2.45, 2.75) is 42.2 Å². The summed E-state index contributed by atoms with van der Waals surface area (Å²) in [6.45, 7) is 2.45. The number of sulfone groups is 1. The Labute approximate surface area is 205 Å². The lowest BCUT2D eigenvalue weighted by molar-refractivity contribution is -0.134. The summed E-state index contributed by atoms with van der Waals surface area (Å²) in [5, 5.41) is 9.14. The molecule has 1 amide bonds. The van der Waals surface area contributed by atoms with Crippen LogP contribution in [0.15, 0.2) is 53.4 Å². The molecular weight excluding hydrogens is 474 g/mol. The molecule has 0 aliphatic carbocycles. The fourth-order valence-corrected chi connectivity index (χ4v) is 6.05. The second-order valence-electron chi connectivity index (χ2n) is 8.51. The topological polar surface area (TPSA) is 128 Å². The minimum Gasteiger partial charge on any atom is -0.497 e. The van der Waals surface area contributed by atoms with Crippen LogP contribution in [0.25, 0.3) is 0 Å². The second kappa shape index (κ2) is 11.7. The third-order valence-corrected chi connectivity index (χ3v) is 8.85. The van der Waals surface area contributed by atoms with Gasteiger partial charge in [0.25, 0.3) is 5.91 Å². The Morgan fingerprint density at radius 3 is 2.23 bits per heavy atom. The fourth-order valence-electron chi connectivity index (χ4n) is 4.11. The lowest BCUT2D eigenvalue weighted by Gasteiger charge is -2.34. The zero-order valence-corrected chi connectivity index (χ0v) is 20.7. The lowest BCUT2D eigenvalue weighted by atomic mass is 9.95. The molecule has 10 heteroatoms. The molecule has 3 rings (SSSR count). The molecule has 2 N–H and O–H groups in total. The molecule has 0 saturated carbocycles. The zero-order valence-electron chi connectivity index (χ0n) is 19.9. The first-order chi connectivity index (χ1) is 16.7. The average molecular weight is 506 g/mol. The average Bonchev–Trinajstić information content (AvgIpc) is 2.90. The van der Waals surface area contributed by atoms with Gasteiger partial charge < -0.3 is 14.2 Å². The van der Waals surface area contributed by atoms with E-state index >= 15 is 0 Å². The van der Waals surface area contributed by atoms with Gasteiger partial charge in [0.2, 0.25) is 0 Å². The number of methoxy groups -OCH3 is 1. The number of Topliss-reactive ketones (excluding diaryl/α,β-unsaturated/α-hetero) is 1. The number of amides is 1. The molecule has 0 radical (unpaired) electrons. The highest BCUT2D eigenvalue weighted by Gasteiger charge is 2.52. The molecule has 1 heterocycles. The van der Waals surface area contributed by atoms with Crippen LogP contribution in [0, 0.1) is 5.92 Å². The van der Waals surface area contributed by atoms with E-state index in [0.717, 1.165) is 0 Å². The third-order valence-electron chi connectivity index (χ3n) is 6.34. The number of hydroxylamine groups is 1. The van der Waals surface area contributed by atoms with Crippen molar-refractivity contribution in [2.75, 3.05) is 26.9 Å². The lowest BCUT2D eigenvalue weighted by Crippen LogP contribution is -2.54. The van der Waals surface area contributed by atoms with E-state index in [2.05, 4.69) is 0 Å². The Morgan fingerprint density at radius 1 is 1.06 bits per heavy atom. The highest BCUT2D eigenvalue weighted by Crippen LogP contribution is 2.35. The van der Waals surface area contributed by atoms with E-state index in [1.54, 1.807) is 31.4 Å². The van der Waals surface area contributed by atoms with Gasteiger partial charge in [-0.15, -0.1) is 0 Å². The maximum Gasteiger partial charge on any atom is 0.265 e. The van der Waals surface area contributed by atoms with E-state index in [4.69, 9.17) is 19.4 Å². The molecule has 2 aromatic rings. The molecule has 1 atom stereocenters. The van der Waals surface area contributed by atoms with Gasteiger partial charge in [0.15, 0.2) is 20.4 Å². The summed E-state index contributed by atoms with van der Waals surface area (Å²) in [5.41, 5.74) is 2.13. The van der Waals surface area contributed by atoms with E-state index in [1.165, 1.54) is 29.7 Å². The van der Waals surface area contributed by atoms with Gasteiger partial charge in [-0.05, 0) is 74.2 Å². The molecular formula is C25H31NO8S. The van der Waals surface area contributed by atoms with E-state index in [9.17, 15) is 18.0 Å². The summed E-state index contributed by atoms with van der Waals surface area (Å²) in [5.74, 6) is 0.0928. The smallest absolute Gasteiger partial charge is 0.265 e. The van der Waals surface area contributed by atoms with Gasteiger partial charge in [0.05, 0.1) is 18.6 Å². The van der Waals surface area contributed by atoms with Crippen molar-refractivity contribution in [3.8, 4) is 11.5 Å². The zero-order chi connectivity index (χ0) is 25.5. The van der Waals surface area contributed by atoms with Crippen LogP contribution in [0.5, 0.6) is 11.5 Å². The maximum absolute atomic E-state index is 13.3. The molecule has 1 aliphatic heterocycles. The largest absolute Gasteiger partial charge is 0.497 e. The summed E-state index contributed by atoms with van der Waals surface area (Å²) >= 11 is 0. The maximum atomic E-state index is 13.3. The summed E-state index contributed by atoms with van der Waals surface area (Å²) in [4.78, 5) is 24.9. The van der Waals surface area contributed by atoms with Crippen LogP contribution in [-0.2, 0) is 19.4 Å². The number of rotatable bonds is 11. The molecule has 0 aromatic heterocycles. The van der Waals surface area contributed by atoms with Crippen LogP contribution in [0.1, 0.15) is 43.0 Å². The van der Waals surface area contributed by atoms with Gasteiger partial charge in [0.1, 0.15) is 11.5 Å². The number of carbonyl (C=O) groups excluding carboxylic acids is 2. The predicted octanol–water partition coefficient (Wildman–Crippen LogP) is 3.20. The van der Waals surface area contributed by atoms with E-state index in [1.807, 2.05) is 6.92 Å². The number of carbonyl (C=O) groups is 2. The number of hydrogen-bond acceptors (Lipinski definition) is 8. The van der Waals surface area contributed by atoms with Crippen molar-refractivity contribution >= 4 is 21.5 Å². The first-order valence-corrected chi connectivity index (χ1v) is 12.9. The van der Waals surface area contributed by atoms with Crippen LogP contribution in [-0.4, -0.2) is 57.0 Å². The monoisotopic (exact) mass is 505 g/mol. The van der Waals surface area contributed by atoms with Crippen molar-refractivity contribution < 1.29 is 37.4 Å². The normalized spacial score (nSPS) is 16.2. The first kappa shape index (κ1) is 26.7.